The Balaban J connectivity index is 1.79. The fourth-order valence-corrected chi connectivity index (χ4v) is 6.33. The molecule has 0 unspecified atom stereocenters. The normalized spacial score (nSPS) is 12.6. The molecule has 0 bridgehead atoms. The van der Waals surface area contributed by atoms with E-state index in [1.54, 1.807) is 42.5 Å². The van der Waals surface area contributed by atoms with E-state index in [9.17, 15) is 18.0 Å². The Morgan fingerprint density at radius 2 is 1.39 bits per heavy atom. The summed E-state index contributed by atoms with van der Waals surface area (Å²) in [5.74, 6) is -0.762. The third-order valence-electron chi connectivity index (χ3n) is 7.65. The van der Waals surface area contributed by atoms with Crippen LogP contribution in [0.3, 0.4) is 0 Å². The topological polar surface area (TPSA) is 86.8 Å². The first kappa shape index (κ1) is 32.5. The van der Waals surface area contributed by atoms with Crippen molar-refractivity contribution in [1.29, 1.82) is 0 Å². The average molecular weight is 612 g/mol. The number of rotatable bonds is 13. The maximum atomic E-state index is 14.5. The van der Waals surface area contributed by atoms with Gasteiger partial charge in [0.15, 0.2) is 0 Å². The van der Waals surface area contributed by atoms with Crippen LogP contribution in [0, 0.1) is 13.8 Å². The minimum atomic E-state index is -4.13. The molecule has 44 heavy (non-hydrogen) atoms. The number of hydrogen-bond donors (Lipinski definition) is 1. The molecule has 0 heterocycles. The molecular formula is C36H41N3O4S. The maximum absolute atomic E-state index is 14.5. The van der Waals surface area contributed by atoms with Crippen LogP contribution in [0.25, 0.3) is 0 Å². The molecule has 4 aromatic carbocycles. The van der Waals surface area contributed by atoms with Gasteiger partial charge in [0.05, 0.1) is 10.6 Å². The van der Waals surface area contributed by atoms with Gasteiger partial charge in [-0.2, -0.15) is 0 Å². The van der Waals surface area contributed by atoms with Crippen molar-refractivity contribution in [2.24, 2.45) is 0 Å². The Kier molecular flexibility index (Phi) is 11.0. The van der Waals surface area contributed by atoms with Crippen LogP contribution in [0.1, 0.15) is 42.5 Å². The predicted octanol–water partition coefficient (Wildman–Crippen LogP) is 6.05. The van der Waals surface area contributed by atoms with E-state index in [1.807, 2.05) is 94.4 Å². The van der Waals surface area contributed by atoms with Gasteiger partial charge >= 0.3 is 0 Å². The Morgan fingerprint density at radius 3 is 1.98 bits per heavy atom. The molecule has 0 aliphatic rings. The number of carbonyl (C=O) groups is 2. The summed E-state index contributed by atoms with van der Waals surface area (Å²) in [7, 11) is -4.13. The van der Waals surface area contributed by atoms with Gasteiger partial charge in [-0.1, -0.05) is 97.4 Å². The highest BCUT2D eigenvalue weighted by molar-refractivity contribution is 7.92. The molecule has 1 N–H and O–H groups in total. The molecule has 8 heteroatoms. The number of benzene rings is 4. The van der Waals surface area contributed by atoms with Gasteiger partial charge in [0.1, 0.15) is 12.6 Å². The highest BCUT2D eigenvalue weighted by Crippen LogP contribution is 2.26. The zero-order valence-electron chi connectivity index (χ0n) is 25.8. The molecular weight excluding hydrogens is 570 g/mol. The molecule has 0 saturated carbocycles. The summed E-state index contributed by atoms with van der Waals surface area (Å²) in [6.07, 6.45) is 1.00. The monoisotopic (exact) mass is 611 g/mol. The van der Waals surface area contributed by atoms with Gasteiger partial charge in [-0.3, -0.25) is 13.9 Å². The number of sulfonamides is 1. The highest BCUT2D eigenvalue weighted by atomic mass is 32.2. The number of nitrogens with zero attached hydrogens (tertiary/aromatic N) is 2. The first-order valence-corrected chi connectivity index (χ1v) is 16.4. The minimum absolute atomic E-state index is 0.0855. The lowest BCUT2D eigenvalue weighted by molar-refractivity contribution is -0.140. The van der Waals surface area contributed by atoms with Crippen LogP contribution in [-0.2, 0) is 32.6 Å². The average Bonchev–Trinajstić information content (AvgIpc) is 3.02. The zero-order chi connectivity index (χ0) is 31.7. The van der Waals surface area contributed by atoms with E-state index in [1.165, 1.54) is 4.90 Å². The molecule has 4 rings (SSSR count). The van der Waals surface area contributed by atoms with E-state index in [-0.39, 0.29) is 29.8 Å². The fourth-order valence-electron chi connectivity index (χ4n) is 4.92. The molecule has 0 aromatic heterocycles. The molecule has 7 nitrogen and oxygen atoms in total. The third-order valence-corrected chi connectivity index (χ3v) is 9.43. The number of amides is 2. The second-order valence-electron chi connectivity index (χ2n) is 11.2. The van der Waals surface area contributed by atoms with Crippen LogP contribution in [0.2, 0.25) is 0 Å². The smallest absolute Gasteiger partial charge is 0.264 e. The zero-order valence-corrected chi connectivity index (χ0v) is 26.6. The Bertz CT molecular complexity index is 1640. The molecule has 0 aliphatic heterocycles. The summed E-state index contributed by atoms with van der Waals surface area (Å²) in [4.78, 5) is 30.0. The first-order chi connectivity index (χ1) is 21.1. The second kappa shape index (κ2) is 14.8. The lowest BCUT2D eigenvalue weighted by Gasteiger charge is -2.34. The second-order valence-corrected chi connectivity index (χ2v) is 13.1. The van der Waals surface area contributed by atoms with Crippen LogP contribution in [-0.4, -0.2) is 43.8 Å². The van der Waals surface area contributed by atoms with Gasteiger partial charge in [0, 0.05) is 19.0 Å². The van der Waals surface area contributed by atoms with E-state index in [2.05, 4.69) is 5.32 Å². The summed E-state index contributed by atoms with van der Waals surface area (Å²) >= 11 is 0. The van der Waals surface area contributed by atoms with Crippen LogP contribution in [0.15, 0.2) is 114 Å². The van der Waals surface area contributed by atoms with Crippen molar-refractivity contribution in [3.8, 4) is 0 Å². The molecule has 2 atom stereocenters. The lowest BCUT2D eigenvalue weighted by Crippen LogP contribution is -2.54. The van der Waals surface area contributed by atoms with Crippen LogP contribution >= 0.6 is 0 Å². The number of aryl methyl sites for hydroxylation is 2. The number of nitrogens with one attached hydrogen (secondary N) is 1. The van der Waals surface area contributed by atoms with Gasteiger partial charge in [-0.25, -0.2) is 8.42 Å². The van der Waals surface area contributed by atoms with Crippen molar-refractivity contribution in [2.45, 2.75) is 64.1 Å². The molecule has 0 aliphatic carbocycles. The molecule has 230 valence electrons. The van der Waals surface area contributed by atoms with Gasteiger partial charge in [0.25, 0.3) is 10.0 Å². The standard InChI is InChI=1S/C36H41N3O4S/c1-5-29(4)37-36(41)34(24-30-14-8-6-9-15-30)38(25-31-16-10-7-11-17-31)35(40)26-39(32-18-12-13-28(3)23-32)44(42,43)33-21-19-27(2)20-22-33/h6-23,29,34H,5,24-26H2,1-4H3,(H,37,41)/t29-,34-/m0/s1. The van der Waals surface area contributed by atoms with Crippen LogP contribution in [0.5, 0.6) is 0 Å². The summed E-state index contributed by atoms with van der Waals surface area (Å²) in [6.45, 7) is 7.33. The van der Waals surface area contributed by atoms with Crippen molar-refractivity contribution in [2.75, 3.05) is 10.8 Å². The largest absolute Gasteiger partial charge is 0.352 e. The summed E-state index contributed by atoms with van der Waals surface area (Å²) in [5.41, 5.74) is 3.88. The van der Waals surface area contributed by atoms with E-state index in [0.717, 1.165) is 33.0 Å². The summed E-state index contributed by atoms with van der Waals surface area (Å²) in [5, 5.41) is 3.06. The fraction of sp³-hybridized carbons (Fsp3) is 0.278. The first-order valence-electron chi connectivity index (χ1n) is 14.9. The van der Waals surface area contributed by atoms with Gasteiger partial charge < -0.3 is 10.2 Å². The van der Waals surface area contributed by atoms with E-state index in [4.69, 9.17) is 0 Å². The Hall–Kier alpha value is -4.43. The van der Waals surface area contributed by atoms with E-state index < -0.39 is 28.5 Å². The molecule has 0 radical (unpaired) electrons. The van der Waals surface area contributed by atoms with Gasteiger partial charge in [0.2, 0.25) is 11.8 Å². The summed E-state index contributed by atoms with van der Waals surface area (Å²) in [6, 6.07) is 31.7. The van der Waals surface area contributed by atoms with Crippen LogP contribution in [0.4, 0.5) is 5.69 Å². The highest BCUT2D eigenvalue weighted by Gasteiger charge is 2.35. The molecule has 0 saturated heterocycles. The quantitative estimate of drug-likeness (QED) is 0.199. The summed E-state index contributed by atoms with van der Waals surface area (Å²) < 4.78 is 29.4. The van der Waals surface area contributed by atoms with Gasteiger partial charge in [-0.05, 0) is 68.1 Å². The number of hydrogen-bond acceptors (Lipinski definition) is 4. The SMILES string of the molecule is CC[C@H](C)NC(=O)[C@H](Cc1ccccc1)N(Cc1ccccc1)C(=O)CN(c1cccc(C)c1)S(=O)(=O)c1ccc(C)cc1. The van der Waals surface area contributed by atoms with Crippen molar-refractivity contribution < 1.29 is 18.0 Å². The van der Waals surface area contributed by atoms with Crippen molar-refractivity contribution in [3.63, 3.8) is 0 Å². The lowest BCUT2D eigenvalue weighted by atomic mass is 10.0. The van der Waals surface area contributed by atoms with Crippen molar-refractivity contribution >= 4 is 27.5 Å². The molecule has 2 amide bonds. The predicted molar refractivity (Wildman–Crippen MR) is 176 cm³/mol. The minimum Gasteiger partial charge on any atom is -0.352 e. The van der Waals surface area contributed by atoms with Crippen molar-refractivity contribution in [1.82, 2.24) is 10.2 Å². The van der Waals surface area contributed by atoms with Crippen LogP contribution < -0.4 is 9.62 Å². The third kappa shape index (κ3) is 8.35. The molecule has 4 aromatic rings. The number of anilines is 1. The molecule has 0 fully saturated rings. The maximum Gasteiger partial charge on any atom is 0.264 e. The molecule has 0 spiro atoms. The number of carbonyl (C=O) groups excluding carboxylic acids is 2. The Morgan fingerprint density at radius 1 is 0.773 bits per heavy atom. The van der Waals surface area contributed by atoms with E-state index in [0.29, 0.717) is 5.69 Å². The Labute approximate surface area is 261 Å². The van der Waals surface area contributed by atoms with E-state index >= 15 is 0 Å². The van der Waals surface area contributed by atoms with Gasteiger partial charge in [-0.15, -0.1) is 0 Å². The van der Waals surface area contributed by atoms with Crippen molar-refractivity contribution in [3.05, 3.63) is 131 Å².